The maximum Gasteiger partial charge on any atom is 0.341 e. The number of amides is 2. The van der Waals surface area contributed by atoms with Crippen LogP contribution in [-0.4, -0.2) is 37.8 Å². The summed E-state index contributed by atoms with van der Waals surface area (Å²) in [5.41, 5.74) is 1.27. The molecule has 1 aromatic heterocycles. The smallest absolute Gasteiger partial charge is 0.341 e. The lowest BCUT2D eigenvalue weighted by Gasteiger charge is -2.20. The van der Waals surface area contributed by atoms with E-state index in [1.54, 1.807) is 66.0 Å². The standard InChI is InChI=1S/C30H26N2O7S/c1-18(33)20-11-7-12-21(15-20)31-29(35)27(19-9-5-4-6-10-19)39-30(36)22-16-24(37-2)25(38-3)17-23(22)32-28(34)26-13-8-14-40-26/h4-17,27H,1-3H3,(H,31,35)(H,32,34)/t27-/m0/s1. The van der Waals surface area contributed by atoms with E-state index in [1.165, 1.54) is 50.7 Å². The molecule has 0 aliphatic rings. The highest BCUT2D eigenvalue weighted by atomic mass is 32.1. The van der Waals surface area contributed by atoms with Gasteiger partial charge in [-0.3, -0.25) is 14.4 Å². The molecule has 0 saturated heterocycles. The zero-order valence-electron chi connectivity index (χ0n) is 21.9. The molecule has 204 valence electrons. The van der Waals surface area contributed by atoms with Crippen LogP contribution >= 0.6 is 11.3 Å². The van der Waals surface area contributed by atoms with E-state index in [-0.39, 0.29) is 28.5 Å². The highest BCUT2D eigenvalue weighted by molar-refractivity contribution is 7.12. The number of Topliss-reactive ketones (excluding diaryl/α,β-unsaturated/α-hetero) is 1. The highest BCUT2D eigenvalue weighted by Crippen LogP contribution is 2.35. The first-order valence-corrected chi connectivity index (χ1v) is 13.0. The molecule has 0 fully saturated rings. The molecule has 0 bridgehead atoms. The summed E-state index contributed by atoms with van der Waals surface area (Å²) in [7, 11) is 2.84. The van der Waals surface area contributed by atoms with Gasteiger partial charge in [0.15, 0.2) is 17.3 Å². The molecule has 1 heterocycles. The van der Waals surface area contributed by atoms with Gasteiger partial charge in [0.25, 0.3) is 11.8 Å². The highest BCUT2D eigenvalue weighted by Gasteiger charge is 2.28. The summed E-state index contributed by atoms with van der Waals surface area (Å²) >= 11 is 1.24. The minimum Gasteiger partial charge on any atom is -0.493 e. The molecule has 0 radical (unpaired) electrons. The van der Waals surface area contributed by atoms with Crippen LogP contribution in [0.15, 0.2) is 84.2 Å². The van der Waals surface area contributed by atoms with Crippen LogP contribution in [0.2, 0.25) is 0 Å². The van der Waals surface area contributed by atoms with Crippen LogP contribution < -0.4 is 20.1 Å². The third-order valence-electron chi connectivity index (χ3n) is 5.84. The fraction of sp³-hybridized carbons (Fsp3) is 0.133. The Hall–Kier alpha value is -4.96. The van der Waals surface area contributed by atoms with Gasteiger partial charge in [-0.05, 0) is 30.5 Å². The number of benzene rings is 3. The zero-order valence-corrected chi connectivity index (χ0v) is 22.7. The summed E-state index contributed by atoms with van der Waals surface area (Å²) in [5, 5.41) is 7.20. The quantitative estimate of drug-likeness (QED) is 0.188. The van der Waals surface area contributed by atoms with Crippen LogP contribution in [0, 0.1) is 0 Å². The van der Waals surface area contributed by atoms with Crippen molar-refractivity contribution in [2.24, 2.45) is 0 Å². The Kier molecular flexibility index (Phi) is 8.93. The summed E-state index contributed by atoms with van der Waals surface area (Å²) in [5.74, 6) is -1.60. The molecule has 0 unspecified atom stereocenters. The van der Waals surface area contributed by atoms with Gasteiger partial charge in [-0.25, -0.2) is 4.79 Å². The number of carbonyl (C=O) groups excluding carboxylic acids is 4. The Bertz CT molecular complexity index is 1540. The maximum absolute atomic E-state index is 13.6. The number of carbonyl (C=O) groups is 4. The van der Waals surface area contributed by atoms with Gasteiger partial charge >= 0.3 is 5.97 Å². The van der Waals surface area contributed by atoms with Gasteiger partial charge in [0.1, 0.15) is 0 Å². The first-order valence-electron chi connectivity index (χ1n) is 12.1. The number of thiophene rings is 1. The number of methoxy groups -OCH3 is 2. The molecule has 4 aromatic rings. The van der Waals surface area contributed by atoms with Crippen molar-refractivity contribution in [3.63, 3.8) is 0 Å². The van der Waals surface area contributed by atoms with E-state index >= 15 is 0 Å². The number of ketones is 1. The molecule has 0 aliphatic carbocycles. The van der Waals surface area contributed by atoms with E-state index in [0.717, 1.165) is 0 Å². The topological polar surface area (TPSA) is 120 Å². The number of ether oxygens (including phenoxy) is 3. The minimum atomic E-state index is -1.36. The van der Waals surface area contributed by atoms with Crippen LogP contribution in [0.1, 0.15) is 49.0 Å². The van der Waals surface area contributed by atoms with Crippen LogP contribution in [0.5, 0.6) is 11.5 Å². The van der Waals surface area contributed by atoms with E-state index in [2.05, 4.69) is 10.6 Å². The normalized spacial score (nSPS) is 11.2. The second-order valence-electron chi connectivity index (χ2n) is 8.51. The largest absolute Gasteiger partial charge is 0.493 e. The van der Waals surface area contributed by atoms with E-state index < -0.39 is 23.9 Å². The lowest BCUT2D eigenvalue weighted by atomic mass is 10.1. The fourth-order valence-electron chi connectivity index (χ4n) is 3.84. The predicted octanol–water partition coefficient (Wildman–Crippen LogP) is 5.76. The lowest BCUT2D eigenvalue weighted by molar-refractivity contribution is -0.125. The van der Waals surface area contributed by atoms with Gasteiger partial charge in [0, 0.05) is 28.9 Å². The van der Waals surface area contributed by atoms with E-state index in [4.69, 9.17) is 14.2 Å². The van der Waals surface area contributed by atoms with Gasteiger partial charge in [-0.1, -0.05) is 48.5 Å². The monoisotopic (exact) mass is 558 g/mol. The molecule has 4 rings (SSSR count). The van der Waals surface area contributed by atoms with E-state index in [1.807, 2.05) is 0 Å². The van der Waals surface area contributed by atoms with Crippen molar-refractivity contribution in [1.82, 2.24) is 0 Å². The molecule has 0 aliphatic heterocycles. The second kappa shape index (κ2) is 12.7. The molecule has 0 saturated carbocycles. The second-order valence-corrected chi connectivity index (χ2v) is 9.45. The van der Waals surface area contributed by atoms with Crippen LogP contribution in [0.3, 0.4) is 0 Å². The fourth-order valence-corrected chi connectivity index (χ4v) is 4.46. The molecular weight excluding hydrogens is 532 g/mol. The predicted molar refractivity (Wildman–Crippen MR) is 151 cm³/mol. The Balaban J connectivity index is 1.68. The molecule has 1 atom stereocenters. The van der Waals surface area contributed by atoms with Crippen molar-refractivity contribution in [1.29, 1.82) is 0 Å². The van der Waals surface area contributed by atoms with Gasteiger partial charge in [-0.15, -0.1) is 11.3 Å². The third kappa shape index (κ3) is 6.54. The van der Waals surface area contributed by atoms with Gasteiger partial charge < -0.3 is 24.8 Å². The number of rotatable bonds is 10. The van der Waals surface area contributed by atoms with Crippen molar-refractivity contribution in [3.05, 3.63) is 106 Å². The first kappa shape index (κ1) is 28.1. The Morgan fingerprint density at radius 2 is 1.52 bits per heavy atom. The molecule has 2 amide bonds. The van der Waals surface area contributed by atoms with Crippen molar-refractivity contribution >= 4 is 46.3 Å². The van der Waals surface area contributed by atoms with Crippen LogP contribution in [0.4, 0.5) is 11.4 Å². The number of hydrogen-bond acceptors (Lipinski definition) is 8. The molecule has 0 spiro atoms. The Morgan fingerprint density at radius 1 is 0.800 bits per heavy atom. The van der Waals surface area contributed by atoms with E-state index in [9.17, 15) is 19.2 Å². The number of anilines is 2. The molecule has 3 aromatic carbocycles. The number of esters is 1. The number of nitrogens with one attached hydrogen (secondary N) is 2. The number of hydrogen-bond donors (Lipinski definition) is 2. The average molecular weight is 559 g/mol. The van der Waals surface area contributed by atoms with Crippen LogP contribution in [0.25, 0.3) is 0 Å². The molecular formula is C30H26N2O7S. The maximum atomic E-state index is 13.6. The minimum absolute atomic E-state index is 0.0464. The molecule has 2 N–H and O–H groups in total. The third-order valence-corrected chi connectivity index (χ3v) is 6.71. The summed E-state index contributed by atoms with van der Waals surface area (Å²) < 4.78 is 16.5. The SMILES string of the molecule is COc1cc(NC(=O)c2cccs2)c(C(=O)O[C@H](C(=O)Nc2cccc(C(C)=O)c2)c2ccccc2)cc1OC. The van der Waals surface area contributed by atoms with Crippen molar-refractivity contribution in [2.45, 2.75) is 13.0 Å². The zero-order chi connectivity index (χ0) is 28.6. The lowest BCUT2D eigenvalue weighted by Crippen LogP contribution is -2.26. The summed E-state index contributed by atoms with van der Waals surface area (Å²) in [6, 6.07) is 21.1. The average Bonchev–Trinajstić information content (AvgIpc) is 3.51. The Labute approximate surface area is 234 Å². The van der Waals surface area contributed by atoms with Gasteiger partial charge in [0.2, 0.25) is 6.10 Å². The summed E-state index contributed by atoms with van der Waals surface area (Å²) in [6.07, 6.45) is -1.36. The van der Waals surface area contributed by atoms with Crippen molar-refractivity contribution in [3.8, 4) is 11.5 Å². The molecule has 10 heteroatoms. The van der Waals surface area contributed by atoms with Crippen molar-refractivity contribution in [2.75, 3.05) is 24.9 Å². The van der Waals surface area contributed by atoms with Gasteiger partial charge in [0.05, 0.1) is 30.3 Å². The summed E-state index contributed by atoms with van der Waals surface area (Å²) in [4.78, 5) is 52.1. The summed E-state index contributed by atoms with van der Waals surface area (Å²) in [6.45, 7) is 1.42. The molecule has 9 nitrogen and oxygen atoms in total. The first-order chi connectivity index (χ1) is 19.3. The molecule has 40 heavy (non-hydrogen) atoms. The van der Waals surface area contributed by atoms with Gasteiger partial charge in [-0.2, -0.15) is 0 Å². The Morgan fingerprint density at radius 3 is 2.17 bits per heavy atom. The van der Waals surface area contributed by atoms with Crippen molar-refractivity contribution < 1.29 is 33.4 Å². The van der Waals surface area contributed by atoms with Crippen LogP contribution in [-0.2, 0) is 9.53 Å². The van der Waals surface area contributed by atoms with E-state index in [0.29, 0.717) is 21.7 Å².